The highest BCUT2D eigenvalue weighted by molar-refractivity contribution is 6.17. The number of benzene rings is 7. The van der Waals surface area contributed by atoms with Crippen LogP contribution in [-0.2, 0) is 0 Å². The average Bonchev–Trinajstić information content (AvgIpc) is 3.72. The van der Waals surface area contributed by atoms with Gasteiger partial charge in [0.05, 0.1) is 16.7 Å². The van der Waals surface area contributed by atoms with Gasteiger partial charge in [-0.25, -0.2) is 19.3 Å². The highest BCUT2D eigenvalue weighted by Gasteiger charge is 2.21. The van der Waals surface area contributed by atoms with E-state index in [1.807, 2.05) is 115 Å². The first-order valence-electron chi connectivity index (χ1n) is 16.8. The third-order valence-electron chi connectivity index (χ3n) is 9.53. The number of aromatic nitrogens is 4. The summed E-state index contributed by atoms with van der Waals surface area (Å²) in [5, 5.41) is 4.32. The van der Waals surface area contributed by atoms with E-state index in [0.29, 0.717) is 28.6 Å². The molecule has 0 spiro atoms. The molecule has 7 aromatic carbocycles. The molecule has 3 heterocycles. The second-order valence-corrected chi connectivity index (χ2v) is 12.6. The molecule has 0 aliphatic heterocycles. The van der Waals surface area contributed by atoms with Crippen LogP contribution in [-0.4, -0.2) is 19.5 Å². The monoisotopic (exact) mass is 658 g/mol. The van der Waals surface area contributed by atoms with Crippen molar-refractivity contribution in [3.8, 4) is 51.0 Å². The molecule has 10 rings (SSSR count). The summed E-state index contributed by atoms with van der Waals surface area (Å²) in [6, 6.07) is 53.5. The number of nitrogens with zero attached hydrogens (tertiary/aromatic N) is 4. The number of halogens is 1. The lowest BCUT2D eigenvalue weighted by molar-refractivity contribution is 0.631. The summed E-state index contributed by atoms with van der Waals surface area (Å²) in [5.74, 6) is 1.31. The fourth-order valence-electron chi connectivity index (χ4n) is 7.15. The minimum absolute atomic E-state index is 0.318. The molecule has 5 nitrogen and oxygen atoms in total. The van der Waals surface area contributed by atoms with E-state index in [0.717, 1.165) is 66.1 Å². The highest BCUT2D eigenvalue weighted by atomic mass is 19.1. The van der Waals surface area contributed by atoms with Crippen molar-refractivity contribution in [1.29, 1.82) is 0 Å². The molecular formula is C45H27FN4O. The van der Waals surface area contributed by atoms with Gasteiger partial charge >= 0.3 is 0 Å². The molecular weight excluding hydrogens is 632 g/mol. The maximum atomic E-state index is 15.9. The van der Waals surface area contributed by atoms with Gasteiger partial charge in [-0.1, -0.05) is 115 Å². The van der Waals surface area contributed by atoms with Crippen LogP contribution in [0.1, 0.15) is 0 Å². The summed E-state index contributed by atoms with van der Waals surface area (Å²) in [5.41, 5.74) is 8.13. The van der Waals surface area contributed by atoms with Crippen molar-refractivity contribution in [2.75, 3.05) is 0 Å². The van der Waals surface area contributed by atoms with Gasteiger partial charge in [-0.2, -0.15) is 0 Å². The molecule has 0 aliphatic carbocycles. The summed E-state index contributed by atoms with van der Waals surface area (Å²) in [4.78, 5) is 14.8. The Morgan fingerprint density at radius 2 is 1.02 bits per heavy atom. The first kappa shape index (κ1) is 29.0. The van der Waals surface area contributed by atoms with Crippen molar-refractivity contribution >= 4 is 43.7 Å². The lowest BCUT2D eigenvalue weighted by atomic mass is 9.99. The van der Waals surface area contributed by atoms with E-state index in [4.69, 9.17) is 19.4 Å². The maximum Gasteiger partial charge on any atom is 0.164 e. The summed E-state index contributed by atoms with van der Waals surface area (Å²) >= 11 is 0. The number of hydrogen-bond donors (Lipinski definition) is 0. The maximum absolute atomic E-state index is 15.9. The Labute approximate surface area is 291 Å². The fourth-order valence-corrected chi connectivity index (χ4v) is 7.15. The predicted octanol–water partition coefficient (Wildman–Crippen LogP) is 11.7. The van der Waals surface area contributed by atoms with E-state index < -0.39 is 0 Å². The molecule has 0 bridgehead atoms. The normalized spacial score (nSPS) is 11.6. The Morgan fingerprint density at radius 3 is 1.75 bits per heavy atom. The van der Waals surface area contributed by atoms with Crippen molar-refractivity contribution in [2.45, 2.75) is 0 Å². The smallest absolute Gasteiger partial charge is 0.164 e. The van der Waals surface area contributed by atoms with E-state index in [1.54, 1.807) is 6.07 Å². The third-order valence-corrected chi connectivity index (χ3v) is 9.53. The number of fused-ring (bicyclic) bond motifs is 6. The quantitative estimate of drug-likeness (QED) is 0.185. The molecule has 6 heteroatoms. The largest absolute Gasteiger partial charge is 0.456 e. The van der Waals surface area contributed by atoms with Crippen LogP contribution in [0.5, 0.6) is 0 Å². The van der Waals surface area contributed by atoms with E-state index in [-0.39, 0.29) is 5.82 Å². The number of hydrogen-bond acceptors (Lipinski definition) is 4. The predicted molar refractivity (Wildman–Crippen MR) is 203 cm³/mol. The van der Waals surface area contributed by atoms with Crippen molar-refractivity contribution in [2.24, 2.45) is 0 Å². The first-order valence-corrected chi connectivity index (χ1v) is 16.8. The van der Waals surface area contributed by atoms with Crippen LogP contribution in [0.2, 0.25) is 0 Å². The minimum Gasteiger partial charge on any atom is -0.456 e. The Balaban J connectivity index is 1.25. The van der Waals surface area contributed by atoms with Crippen LogP contribution >= 0.6 is 0 Å². The average molecular weight is 659 g/mol. The van der Waals surface area contributed by atoms with Gasteiger partial charge in [-0.05, 0) is 42.5 Å². The molecule has 0 unspecified atom stereocenters. The summed E-state index contributed by atoms with van der Waals surface area (Å²) in [6.45, 7) is 0. The highest BCUT2D eigenvalue weighted by Crippen LogP contribution is 2.41. The lowest BCUT2D eigenvalue weighted by Crippen LogP contribution is -2.02. The molecule has 0 aliphatic rings. The molecule has 0 radical (unpaired) electrons. The van der Waals surface area contributed by atoms with Gasteiger partial charge in [0.15, 0.2) is 17.5 Å². The van der Waals surface area contributed by atoms with Crippen LogP contribution in [0.15, 0.2) is 168 Å². The minimum atomic E-state index is -0.318. The molecule has 0 N–H and O–H groups in total. The standard InChI is InChI=1S/C45H27FN4O/c46-37-20-10-7-17-31(37)34-25-30(45-48-43(28-13-3-1-4-14-28)47-44(49-45)29-15-5-2-6-16-29)23-24-39(34)50-38-21-11-8-18-32(38)35-26-36-33-19-9-12-22-41(33)51-42(36)27-40(35)50/h1-27H. The molecule has 51 heavy (non-hydrogen) atoms. The SMILES string of the molecule is Fc1ccccc1-c1cc(-c2nc(-c3ccccc3)nc(-c3ccccc3)n2)ccc1-n1c2ccccc2c2cc3c(cc21)oc1ccccc13. The fraction of sp³-hybridized carbons (Fsp3) is 0. The molecule has 0 amide bonds. The Hall–Kier alpha value is -6.92. The van der Waals surface area contributed by atoms with Crippen molar-refractivity contribution < 1.29 is 8.81 Å². The zero-order chi connectivity index (χ0) is 33.9. The van der Waals surface area contributed by atoms with Gasteiger partial charge in [0, 0.05) is 55.4 Å². The molecule has 240 valence electrons. The van der Waals surface area contributed by atoms with Crippen LogP contribution in [0.3, 0.4) is 0 Å². The first-order chi connectivity index (χ1) is 25.2. The number of para-hydroxylation sites is 2. The van der Waals surface area contributed by atoms with Crippen LogP contribution < -0.4 is 0 Å². The van der Waals surface area contributed by atoms with Crippen LogP contribution in [0.4, 0.5) is 4.39 Å². The van der Waals surface area contributed by atoms with Crippen molar-refractivity contribution in [3.05, 3.63) is 170 Å². The summed E-state index contributed by atoms with van der Waals surface area (Å²) in [6.07, 6.45) is 0. The zero-order valence-electron chi connectivity index (χ0n) is 27.2. The van der Waals surface area contributed by atoms with E-state index in [9.17, 15) is 0 Å². The Morgan fingerprint density at radius 1 is 0.412 bits per heavy atom. The van der Waals surface area contributed by atoms with E-state index >= 15 is 4.39 Å². The molecule has 3 aromatic heterocycles. The van der Waals surface area contributed by atoms with Crippen molar-refractivity contribution in [1.82, 2.24) is 19.5 Å². The van der Waals surface area contributed by atoms with Gasteiger partial charge in [-0.15, -0.1) is 0 Å². The second kappa shape index (κ2) is 11.6. The van der Waals surface area contributed by atoms with Crippen molar-refractivity contribution in [3.63, 3.8) is 0 Å². The molecule has 0 saturated carbocycles. The van der Waals surface area contributed by atoms with E-state index in [2.05, 4.69) is 41.0 Å². The molecule has 10 aromatic rings. The molecule has 0 atom stereocenters. The molecule has 0 fully saturated rings. The molecule has 0 saturated heterocycles. The van der Waals surface area contributed by atoms with Gasteiger partial charge in [0.25, 0.3) is 0 Å². The van der Waals surface area contributed by atoms with Crippen LogP contribution in [0.25, 0.3) is 94.7 Å². The number of furan rings is 1. The second-order valence-electron chi connectivity index (χ2n) is 12.6. The van der Waals surface area contributed by atoms with E-state index in [1.165, 1.54) is 6.07 Å². The van der Waals surface area contributed by atoms with Gasteiger partial charge < -0.3 is 8.98 Å². The topological polar surface area (TPSA) is 56.7 Å². The van der Waals surface area contributed by atoms with Gasteiger partial charge in [0.1, 0.15) is 17.0 Å². The zero-order valence-corrected chi connectivity index (χ0v) is 27.2. The van der Waals surface area contributed by atoms with Gasteiger partial charge in [-0.3, -0.25) is 0 Å². The lowest BCUT2D eigenvalue weighted by Gasteiger charge is -2.16. The summed E-state index contributed by atoms with van der Waals surface area (Å²) < 4.78 is 24.5. The third kappa shape index (κ3) is 4.80. The van der Waals surface area contributed by atoms with Crippen LogP contribution in [0, 0.1) is 5.82 Å². The number of rotatable bonds is 5. The Kier molecular flexibility index (Phi) is 6.61. The van der Waals surface area contributed by atoms with Gasteiger partial charge in [0.2, 0.25) is 0 Å². The summed E-state index contributed by atoms with van der Waals surface area (Å²) in [7, 11) is 0. The Bertz CT molecular complexity index is 2870.